The Balaban J connectivity index is 1.78. The summed E-state index contributed by atoms with van der Waals surface area (Å²) in [6, 6.07) is 7.36. The van der Waals surface area contributed by atoms with Crippen molar-refractivity contribution in [3.05, 3.63) is 45.9 Å². The van der Waals surface area contributed by atoms with Crippen LogP contribution in [0.1, 0.15) is 35.7 Å². The van der Waals surface area contributed by atoms with Crippen molar-refractivity contribution in [2.75, 3.05) is 27.7 Å². The van der Waals surface area contributed by atoms with E-state index in [9.17, 15) is 5.11 Å². The highest BCUT2D eigenvalue weighted by atomic mass is 32.1. The smallest absolute Gasteiger partial charge is 0.193 e. The fourth-order valence-electron chi connectivity index (χ4n) is 2.54. The van der Waals surface area contributed by atoms with Crippen molar-refractivity contribution in [3.63, 3.8) is 0 Å². The molecule has 0 amide bonds. The molecule has 0 fully saturated rings. The predicted molar refractivity (Wildman–Crippen MR) is 107 cm³/mol. The second kappa shape index (κ2) is 10.1. The van der Waals surface area contributed by atoms with Gasteiger partial charge in [0.1, 0.15) is 16.9 Å². The molecule has 0 aliphatic rings. The molecule has 1 aromatic carbocycles. The van der Waals surface area contributed by atoms with E-state index in [1.54, 1.807) is 37.6 Å². The molecule has 142 valence electrons. The number of benzene rings is 1. The van der Waals surface area contributed by atoms with Gasteiger partial charge in [0.15, 0.2) is 5.96 Å². The number of rotatable bonds is 8. The first-order chi connectivity index (χ1) is 12.5. The second-order valence-corrected chi connectivity index (χ2v) is 7.04. The van der Waals surface area contributed by atoms with E-state index in [2.05, 4.69) is 25.6 Å². The topological polar surface area (TPSA) is 70.0 Å². The Morgan fingerprint density at radius 2 is 2.12 bits per heavy atom. The SMILES string of the molecule is CN=C(NCCCc1ccc(O)cc1)N(C)Cc1csc(C(C)OC)n1. The summed E-state index contributed by atoms with van der Waals surface area (Å²) >= 11 is 1.62. The van der Waals surface area contributed by atoms with Gasteiger partial charge in [0.05, 0.1) is 12.2 Å². The Morgan fingerprint density at radius 3 is 2.77 bits per heavy atom. The van der Waals surface area contributed by atoms with Crippen molar-refractivity contribution >= 4 is 17.3 Å². The molecule has 6 nitrogen and oxygen atoms in total. The lowest BCUT2D eigenvalue weighted by Crippen LogP contribution is -2.39. The largest absolute Gasteiger partial charge is 0.508 e. The van der Waals surface area contributed by atoms with Gasteiger partial charge in [0.25, 0.3) is 0 Å². The van der Waals surface area contributed by atoms with Crippen LogP contribution in [0, 0.1) is 0 Å². The summed E-state index contributed by atoms with van der Waals surface area (Å²) in [5.74, 6) is 1.16. The third-order valence-corrected chi connectivity index (χ3v) is 5.16. The maximum atomic E-state index is 9.32. The standard InChI is InChI=1S/C19H28N4O2S/c1-14(25-4)18-22-16(13-26-18)12-23(3)19(20-2)21-11-5-6-15-7-9-17(24)10-8-15/h7-10,13-14,24H,5-6,11-12H2,1-4H3,(H,20,21). The van der Waals surface area contributed by atoms with Crippen molar-refractivity contribution in [1.82, 2.24) is 15.2 Å². The predicted octanol–water partition coefficient (Wildman–Crippen LogP) is 3.20. The van der Waals surface area contributed by atoms with Gasteiger partial charge >= 0.3 is 0 Å². The molecule has 0 aliphatic carbocycles. The highest BCUT2D eigenvalue weighted by molar-refractivity contribution is 7.09. The van der Waals surface area contributed by atoms with Crippen LogP contribution in [-0.2, 0) is 17.7 Å². The first-order valence-electron chi connectivity index (χ1n) is 8.70. The third-order valence-electron chi connectivity index (χ3n) is 4.11. The molecule has 26 heavy (non-hydrogen) atoms. The van der Waals surface area contributed by atoms with Crippen LogP contribution in [0.2, 0.25) is 0 Å². The number of aromatic hydroxyl groups is 1. The van der Waals surface area contributed by atoms with E-state index in [4.69, 9.17) is 4.74 Å². The zero-order chi connectivity index (χ0) is 18.9. The molecule has 2 aromatic rings. The molecular formula is C19H28N4O2S. The van der Waals surface area contributed by atoms with Crippen LogP contribution < -0.4 is 5.32 Å². The summed E-state index contributed by atoms with van der Waals surface area (Å²) in [5.41, 5.74) is 2.23. The number of phenolic OH excluding ortho intramolecular Hbond substituents is 1. The van der Waals surface area contributed by atoms with Gasteiger partial charge in [0.2, 0.25) is 0 Å². The summed E-state index contributed by atoms with van der Waals surface area (Å²) in [6.07, 6.45) is 1.97. The molecule has 2 N–H and O–H groups in total. The number of hydrogen-bond donors (Lipinski definition) is 2. The van der Waals surface area contributed by atoms with E-state index in [0.717, 1.165) is 36.0 Å². The van der Waals surface area contributed by atoms with Crippen LogP contribution in [0.25, 0.3) is 0 Å². The highest BCUT2D eigenvalue weighted by Crippen LogP contribution is 2.20. The minimum Gasteiger partial charge on any atom is -0.508 e. The van der Waals surface area contributed by atoms with Gasteiger partial charge in [-0.25, -0.2) is 4.98 Å². The first-order valence-corrected chi connectivity index (χ1v) is 9.58. The van der Waals surface area contributed by atoms with Crippen LogP contribution in [0.3, 0.4) is 0 Å². The lowest BCUT2D eigenvalue weighted by molar-refractivity contribution is 0.119. The molecule has 1 unspecified atom stereocenters. The molecule has 7 heteroatoms. The maximum Gasteiger partial charge on any atom is 0.193 e. The van der Waals surface area contributed by atoms with Gasteiger partial charge in [-0.3, -0.25) is 4.99 Å². The molecule has 1 heterocycles. The fraction of sp³-hybridized carbons (Fsp3) is 0.474. The van der Waals surface area contributed by atoms with Gasteiger partial charge in [-0.15, -0.1) is 11.3 Å². The zero-order valence-corrected chi connectivity index (χ0v) is 16.7. The Bertz CT molecular complexity index is 700. The van der Waals surface area contributed by atoms with Gasteiger partial charge in [-0.1, -0.05) is 12.1 Å². The number of thiazole rings is 1. The van der Waals surface area contributed by atoms with Crippen LogP contribution in [0.4, 0.5) is 0 Å². The van der Waals surface area contributed by atoms with Crippen LogP contribution in [0.5, 0.6) is 5.75 Å². The van der Waals surface area contributed by atoms with Crippen LogP contribution >= 0.6 is 11.3 Å². The molecule has 0 saturated carbocycles. The van der Waals surface area contributed by atoms with Crippen molar-refractivity contribution in [2.24, 2.45) is 4.99 Å². The molecule has 0 saturated heterocycles. The number of guanidine groups is 1. The summed E-state index contributed by atoms with van der Waals surface area (Å²) in [7, 11) is 5.49. The molecule has 1 atom stereocenters. The zero-order valence-electron chi connectivity index (χ0n) is 15.9. The van der Waals surface area contributed by atoms with Gasteiger partial charge in [-0.05, 0) is 37.5 Å². The first kappa shape index (κ1) is 20.2. The number of aryl methyl sites for hydroxylation is 1. The number of nitrogens with one attached hydrogen (secondary N) is 1. The van der Waals surface area contributed by atoms with Crippen molar-refractivity contribution < 1.29 is 9.84 Å². The number of aromatic nitrogens is 1. The fourth-order valence-corrected chi connectivity index (χ4v) is 3.38. The van der Waals surface area contributed by atoms with Gasteiger partial charge < -0.3 is 20.1 Å². The van der Waals surface area contributed by atoms with E-state index in [1.165, 1.54) is 5.56 Å². The molecule has 1 aromatic heterocycles. The van der Waals surface area contributed by atoms with E-state index < -0.39 is 0 Å². The number of aliphatic imine (C=N–C) groups is 1. The van der Waals surface area contributed by atoms with E-state index in [0.29, 0.717) is 12.3 Å². The second-order valence-electron chi connectivity index (χ2n) is 6.16. The number of methoxy groups -OCH3 is 1. The molecular weight excluding hydrogens is 348 g/mol. The van der Waals surface area contributed by atoms with Gasteiger partial charge in [-0.2, -0.15) is 0 Å². The molecule has 0 bridgehead atoms. The number of ether oxygens (including phenoxy) is 1. The number of nitrogens with zero attached hydrogens (tertiary/aromatic N) is 3. The van der Waals surface area contributed by atoms with Crippen LogP contribution in [0.15, 0.2) is 34.6 Å². The normalized spacial score (nSPS) is 12.8. The lowest BCUT2D eigenvalue weighted by atomic mass is 10.1. The Hall–Kier alpha value is -2.12. The summed E-state index contributed by atoms with van der Waals surface area (Å²) in [5, 5.41) is 15.8. The lowest BCUT2D eigenvalue weighted by Gasteiger charge is -2.21. The Kier molecular flexibility index (Phi) is 7.87. The Morgan fingerprint density at radius 1 is 1.38 bits per heavy atom. The van der Waals surface area contributed by atoms with Crippen LogP contribution in [-0.4, -0.2) is 48.7 Å². The minimum absolute atomic E-state index is 0.0244. The van der Waals surface area contributed by atoms with E-state index >= 15 is 0 Å². The van der Waals surface area contributed by atoms with E-state index in [1.807, 2.05) is 26.1 Å². The summed E-state index contributed by atoms with van der Waals surface area (Å²) < 4.78 is 5.32. The Labute approximate surface area is 159 Å². The molecule has 0 aliphatic heterocycles. The average molecular weight is 377 g/mol. The van der Waals surface area contributed by atoms with Crippen molar-refractivity contribution in [2.45, 2.75) is 32.4 Å². The average Bonchev–Trinajstić information content (AvgIpc) is 3.11. The molecule has 0 spiro atoms. The number of hydrogen-bond acceptors (Lipinski definition) is 5. The van der Waals surface area contributed by atoms with Gasteiger partial charge in [0, 0.05) is 33.1 Å². The highest BCUT2D eigenvalue weighted by Gasteiger charge is 2.12. The minimum atomic E-state index is 0.0244. The number of phenols is 1. The van der Waals surface area contributed by atoms with Crippen molar-refractivity contribution in [1.29, 1.82) is 0 Å². The van der Waals surface area contributed by atoms with Crippen molar-refractivity contribution in [3.8, 4) is 5.75 Å². The maximum absolute atomic E-state index is 9.32. The molecule has 2 rings (SSSR count). The molecule has 0 radical (unpaired) electrons. The quantitative estimate of drug-likeness (QED) is 0.421. The monoisotopic (exact) mass is 376 g/mol. The van der Waals surface area contributed by atoms with E-state index in [-0.39, 0.29) is 6.10 Å². The summed E-state index contributed by atoms with van der Waals surface area (Å²) in [6.45, 7) is 3.53. The third kappa shape index (κ3) is 6.00. The summed E-state index contributed by atoms with van der Waals surface area (Å²) in [4.78, 5) is 11.0.